The number of ether oxygens (including phenoxy) is 1. The standard InChI is InChI=1S/C17H29NO/c1-4-6-7-8-12-19-17(16(18)5-2)15-11-9-10-14(3)13-15/h9-11,13,16-17H,4-8,12,18H2,1-3H3. The van der Waals surface area contributed by atoms with Gasteiger partial charge in [-0.15, -0.1) is 0 Å². The monoisotopic (exact) mass is 263 g/mol. The Kier molecular flexibility index (Phi) is 7.76. The number of hydrogen-bond donors (Lipinski definition) is 1. The molecule has 0 radical (unpaired) electrons. The van der Waals surface area contributed by atoms with Crippen LogP contribution in [0.4, 0.5) is 0 Å². The molecule has 2 atom stereocenters. The van der Waals surface area contributed by atoms with Crippen LogP contribution in [0.2, 0.25) is 0 Å². The molecule has 0 saturated carbocycles. The third kappa shape index (κ3) is 5.75. The molecule has 2 unspecified atom stereocenters. The summed E-state index contributed by atoms with van der Waals surface area (Å²) in [6, 6.07) is 8.58. The van der Waals surface area contributed by atoms with Crippen molar-refractivity contribution in [2.45, 2.75) is 65.0 Å². The van der Waals surface area contributed by atoms with Crippen molar-refractivity contribution in [2.75, 3.05) is 6.61 Å². The molecule has 0 spiro atoms. The van der Waals surface area contributed by atoms with E-state index in [0.717, 1.165) is 19.4 Å². The summed E-state index contributed by atoms with van der Waals surface area (Å²) >= 11 is 0. The van der Waals surface area contributed by atoms with Crippen LogP contribution in [0.15, 0.2) is 24.3 Å². The van der Waals surface area contributed by atoms with Crippen LogP contribution in [0.5, 0.6) is 0 Å². The minimum absolute atomic E-state index is 0.0338. The van der Waals surface area contributed by atoms with E-state index in [9.17, 15) is 0 Å². The van der Waals surface area contributed by atoms with Gasteiger partial charge in [0.15, 0.2) is 0 Å². The third-order valence-electron chi connectivity index (χ3n) is 3.53. The number of benzene rings is 1. The van der Waals surface area contributed by atoms with Gasteiger partial charge >= 0.3 is 0 Å². The third-order valence-corrected chi connectivity index (χ3v) is 3.53. The second kappa shape index (κ2) is 9.11. The van der Waals surface area contributed by atoms with Crippen LogP contribution in [0.1, 0.15) is 63.2 Å². The van der Waals surface area contributed by atoms with Gasteiger partial charge in [0.05, 0.1) is 6.10 Å². The van der Waals surface area contributed by atoms with Gasteiger partial charge in [-0.3, -0.25) is 0 Å². The van der Waals surface area contributed by atoms with Gasteiger partial charge < -0.3 is 10.5 Å². The second-order valence-corrected chi connectivity index (χ2v) is 5.34. The van der Waals surface area contributed by atoms with Crippen LogP contribution in [0.3, 0.4) is 0 Å². The number of unbranched alkanes of at least 4 members (excludes halogenated alkanes) is 3. The average Bonchev–Trinajstić information content (AvgIpc) is 2.42. The zero-order chi connectivity index (χ0) is 14.1. The molecule has 1 rings (SSSR count). The summed E-state index contributed by atoms with van der Waals surface area (Å²) in [7, 11) is 0. The summed E-state index contributed by atoms with van der Waals surface area (Å²) < 4.78 is 6.06. The van der Waals surface area contributed by atoms with Gasteiger partial charge in [0.25, 0.3) is 0 Å². The lowest BCUT2D eigenvalue weighted by Crippen LogP contribution is -2.29. The molecule has 2 N–H and O–H groups in total. The Morgan fingerprint density at radius 2 is 1.95 bits per heavy atom. The predicted molar refractivity (Wildman–Crippen MR) is 82.3 cm³/mol. The van der Waals surface area contributed by atoms with E-state index >= 15 is 0 Å². The fourth-order valence-electron chi connectivity index (χ4n) is 2.27. The highest BCUT2D eigenvalue weighted by Crippen LogP contribution is 2.23. The number of hydrogen-bond acceptors (Lipinski definition) is 2. The van der Waals surface area contributed by atoms with Gasteiger partial charge in [-0.2, -0.15) is 0 Å². The van der Waals surface area contributed by atoms with Gasteiger partial charge in [-0.05, 0) is 25.3 Å². The molecule has 1 aromatic rings. The zero-order valence-electron chi connectivity index (χ0n) is 12.7. The zero-order valence-corrected chi connectivity index (χ0v) is 12.7. The van der Waals surface area contributed by atoms with Crippen LogP contribution in [-0.4, -0.2) is 12.6 Å². The Hall–Kier alpha value is -0.860. The molecule has 108 valence electrons. The fraction of sp³-hybridized carbons (Fsp3) is 0.647. The van der Waals surface area contributed by atoms with Crippen molar-refractivity contribution >= 4 is 0 Å². The van der Waals surface area contributed by atoms with Crippen molar-refractivity contribution in [1.29, 1.82) is 0 Å². The smallest absolute Gasteiger partial charge is 0.0975 e. The normalized spacial score (nSPS) is 14.3. The van der Waals surface area contributed by atoms with Crippen molar-refractivity contribution in [3.05, 3.63) is 35.4 Å². The molecular formula is C17H29NO. The first kappa shape index (κ1) is 16.2. The number of rotatable bonds is 9. The molecule has 0 aromatic heterocycles. The minimum atomic E-state index is 0.0338. The number of aryl methyl sites for hydroxylation is 1. The maximum absolute atomic E-state index is 6.22. The van der Waals surface area contributed by atoms with Crippen molar-refractivity contribution in [3.63, 3.8) is 0 Å². The van der Waals surface area contributed by atoms with Crippen molar-refractivity contribution in [3.8, 4) is 0 Å². The lowest BCUT2D eigenvalue weighted by atomic mass is 9.99. The Morgan fingerprint density at radius 3 is 2.58 bits per heavy atom. The maximum atomic E-state index is 6.22. The van der Waals surface area contributed by atoms with Crippen LogP contribution >= 0.6 is 0 Å². The minimum Gasteiger partial charge on any atom is -0.372 e. The molecular weight excluding hydrogens is 234 g/mol. The summed E-state index contributed by atoms with van der Waals surface area (Å²) in [5.74, 6) is 0. The number of nitrogens with two attached hydrogens (primary N) is 1. The van der Waals surface area contributed by atoms with Gasteiger partial charge in [-0.1, -0.05) is 62.9 Å². The van der Waals surface area contributed by atoms with E-state index in [1.54, 1.807) is 0 Å². The first-order valence-corrected chi connectivity index (χ1v) is 7.62. The molecule has 0 amide bonds. The molecule has 0 heterocycles. The molecule has 0 aliphatic rings. The molecule has 1 aromatic carbocycles. The Morgan fingerprint density at radius 1 is 1.16 bits per heavy atom. The molecule has 0 fully saturated rings. The largest absolute Gasteiger partial charge is 0.372 e. The van der Waals surface area contributed by atoms with Gasteiger partial charge in [0.1, 0.15) is 0 Å². The van der Waals surface area contributed by atoms with Gasteiger partial charge in [0, 0.05) is 12.6 Å². The van der Waals surface area contributed by atoms with E-state index in [0.29, 0.717) is 0 Å². The molecule has 0 saturated heterocycles. The lowest BCUT2D eigenvalue weighted by Gasteiger charge is -2.24. The molecule has 19 heavy (non-hydrogen) atoms. The fourth-order valence-corrected chi connectivity index (χ4v) is 2.27. The first-order valence-electron chi connectivity index (χ1n) is 7.62. The predicted octanol–water partition coefficient (Wildman–Crippen LogP) is 4.37. The molecule has 2 heteroatoms. The van der Waals surface area contributed by atoms with E-state index < -0.39 is 0 Å². The highest BCUT2D eigenvalue weighted by atomic mass is 16.5. The summed E-state index contributed by atoms with van der Waals surface area (Å²) in [6.45, 7) is 7.27. The van der Waals surface area contributed by atoms with Crippen molar-refractivity contribution in [1.82, 2.24) is 0 Å². The summed E-state index contributed by atoms with van der Waals surface area (Å²) in [5, 5.41) is 0. The van der Waals surface area contributed by atoms with E-state index in [1.165, 1.54) is 30.4 Å². The highest BCUT2D eigenvalue weighted by molar-refractivity contribution is 5.25. The average molecular weight is 263 g/mol. The van der Waals surface area contributed by atoms with Crippen LogP contribution in [0.25, 0.3) is 0 Å². The molecule has 2 nitrogen and oxygen atoms in total. The van der Waals surface area contributed by atoms with Gasteiger partial charge in [-0.25, -0.2) is 0 Å². The lowest BCUT2D eigenvalue weighted by molar-refractivity contribution is 0.0311. The van der Waals surface area contributed by atoms with E-state index in [1.807, 2.05) is 0 Å². The van der Waals surface area contributed by atoms with Crippen LogP contribution in [-0.2, 0) is 4.74 Å². The van der Waals surface area contributed by atoms with Gasteiger partial charge in [0.2, 0.25) is 0 Å². The Labute approximate surface area is 118 Å². The van der Waals surface area contributed by atoms with Crippen LogP contribution < -0.4 is 5.73 Å². The van der Waals surface area contributed by atoms with Crippen LogP contribution in [0, 0.1) is 6.92 Å². The highest BCUT2D eigenvalue weighted by Gasteiger charge is 2.19. The molecule has 0 aliphatic heterocycles. The maximum Gasteiger partial charge on any atom is 0.0975 e. The van der Waals surface area contributed by atoms with Crippen molar-refractivity contribution < 1.29 is 4.74 Å². The molecule has 0 bridgehead atoms. The first-order chi connectivity index (χ1) is 9.19. The summed E-state index contributed by atoms with van der Waals surface area (Å²) in [5.41, 5.74) is 8.69. The Bertz CT molecular complexity index is 351. The topological polar surface area (TPSA) is 35.2 Å². The van der Waals surface area contributed by atoms with Crippen molar-refractivity contribution in [2.24, 2.45) is 5.73 Å². The quantitative estimate of drug-likeness (QED) is 0.671. The second-order valence-electron chi connectivity index (χ2n) is 5.34. The molecule has 0 aliphatic carbocycles. The van der Waals surface area contributed by atoms with E-state index in [-0.39, 0.29) is 12.1 Å². The summed E-state index contributed by atoms with van der Waals surface area (Å²) in [6.07, 6.45) is 5.90. The van der Waals surface area contributed by atoms with E-state index in [4.69, 9.17) is 10.5 Å². The summed E-state index contributed by atoms with van der Waals surface area (Å²) in [4.78, 5) is 0. The SMILES string of the molecule is CCCCCCOC(c1cccc(C)c1)C(N)CC. The Balaban J connectivity index is 2.57. The van der Waals surface area contributed by atoms with E-state index in [2.05, 4.69) is 45.0 Å².